The summed E-state index contributed by atoms with van der Waals surface area (Å²) in [6.07, 6.45) is -0.495. The maximum Gasteiger partial charge on any atom is 0.279 e. The molecule has 0 aliphatic carbocycles. The van der Waals surface area contributed by atoms with E-state index >= 15 is 0 Å². The number of nitrogens with zero attached hydrogens (tertiary/aromatic N) is 1. The van der Waals surface area contributed by atoms with Gasteiger partial charge >= 0.3 is 0 Å². The molecule has 5 heteroatoms. The van der Waals surface area contributed by atoms with Crippen LogP contribution < -0.4 is 4.74 Å². The van der Waals surface area contributed by atoms with E-state index in [1.165, 1.54) is 10.0 Å². The van der Waals surface area contributed by atoms with Crippen molar-refractivity contribution >= 4 is 23.7 Å². The van der Waals surface area contributed by atoms with Crippen molar-refractivity contribution in [2.75, 3.05) is 6.61 Å². The third-order valence-corrected chi connectivity index (χ3v) is 3.63. The first kappa shape index (κ1) is 14.2. The molecule has 2 rings (SSSR count). The van der Waals surface area contributed by atoms with Gasteiger partial charge in [-0.2, -0.15) is 0 Å². The fourth-order valence-electron chi connectivity index (χ4n) is 2.05. The molecule has 0 aliphatic rings. The van der Waals surface area contributed by atoms with Gasteiger partial charge in [-0.3, -0.25) is 3.97 Å². The van der Waals surface area contributed by atoms with Crippen molar-refractivity contribution in [3.8, 4) is 5.75 Å². The van der Waals surface area contributed by atoms with E-state index in [0.717, 1.165) is 29.5 Å². The van der Waals surface area contributed by atoms with Crippen LogP contribution in [0.15, 0.2) is 18.2 Å². The molecule has 1 heterocycles. The second kappa shape index (κ2) is 5.82. The van der Waals surface area contributed by atoms with Crippen LogP contribution in [-0.4, -0.2) is 10.6 Å². The predicted octanol–water partition coefficient (Wildman–Crippen LogP) is 4.76. The van der Waals surface area contributed by atoms with Gasteiger partial charge in [-0.15, -0.1) is 0 Å². The molecule has 104 valence electrons. The number of aryl methyl sites for hydroxylation is 1. The Labute approximate surface area is 116 Å². The van der Waals surface area contributed by atoms with Crippen molar-refractivity contribution in [1.29, 1.82) is 0 Å². The molecule has 0 fully saturated rings. The Morgan fingerprint density at radius 2 is 2.11 bits per heavy atom. The highest BCUT2D eigenvalue weighted by Crippen LogP contribution is 2.34. The minimum Gasteiger partial charge on any atom is -0.493 e. The molecule has 1 aromatic heterocycles. The van der Waals surface area contributed by atoms with Gasteiger partial charge in [0.1, 0.15) is 5.75 Å². The zero-order valence-electron chi connectivity index (χ0n) is 11.0. The lowest BCUT2D eigenvalue weighted by Crippen LogP contribution is -1.98. The monoisotopic (exact) mass is 285 g/mol. The molecule has 0 bridgehead atoms. The Kier molecular flexibility index (Phi) is 4.34. The molecule has 0 saturated heterocycles. The fourth-order valence-corrected chi connectivity index (χ4v) is 2.37. The maximum absolute atomic E-state index is 12.8. The van der Waals surface area contributed by atoms with E-state index in [1.54, 1.807) is 6.07 Å². The number of rotatable bonds is 5. The van der Waals surface area contributed by atoms with Crippen LogP contribution in [0.3, 0.4) is 0 Å². The van der Waals surface area contributed by atoms with Crippen LogP contribution in [-0.2, 0) is 0 Å². The highest BCUT2D eigenvalue weighted by Gasteiger charge is 2.17. The molecule has 0 atom stereocenters. The zero-order chi connectivity index (χ0) is 14.0. The quantitative estimate of drug-likeness (QED) is 0.618. The molecule has 2 aromatic rings. The zero-order valence-corrected chi connectivity index (χ0v) is 11.9. The maximum atomic E-state index is 12.8. The Morgan fingerprint density at radius 3 is 2.74 bits per heavy atom. The van der Waals surface area contributed by atoms with Gasteiger partial charge in [0.25, 0.3) is 6.43 Å². The number of fused-ring (bicyclic) bond motifs is 1. The summed E-state index contributed by atoms with van der Waals surface area (Å²) in [7, 11) is 0. The Morgan fingerprint density at radius 1 is 1.37 bits per heavy atom. The lowest BCUT2D eigenvalue weighted by Gasteiger charge is -2.09. The molecule has 0 amide bonds. The Balaban J connectivity index is 2.41. The summed E-state index contributed by atoms with van der Waals surface area (Å²) in [5.74, 6) is 0.751. The number of aromatic nitrogens is 1. The Hall–Kier alpha value is -1.23. The van der Waals surface area contributed by atoms with E-state index < -0.39 is 6.43 Å². The summed E-state index contributed by atoms with van der Waals surface area (Å²) < 4.78 is 32.6. The average Bonchev–Trinajstić information content (AvgIpc) is 2.71. The molecular formula is C14H17F2NOS. The molecule has 1 aromatic carbocycles. The first-order valence-corrected chi connectivity index (χ1v) is 6.71. The van der Waals surface area contributed by atoms with Gasteiger partial charge in [0.05, 0.1) is 17.8 Å². The van der Waals surface area contributed by atoms with Crippen molar-refractivity contribution in [3.63, 3.8) is 0 Å². The van der Waals surface area contributed by atoms with E-state index in [1.807, 2.05) is 13.0 Å². The third-order valence-electron chi connectivity index (χ3n) is 3.19. The summed E-state index contributed by atoms with van der Waals surface area (Å²) in [4.78, 5) is 0. The van der Waals surface area contributed by atoms with Gasteiger partial charge in [-0.1, -0.05) is 26.2 Å². The topological polar surface area (TPSA) is 14.2 Å². The van der Waals surface area contributed by atoms with Crippen LogP contribution in [0.25, 0.3) is 10.9 Å². The molecule has 19 heavy (non-hydrogen) atoms. The highest BCUT2D eigenvalue weighted by molar-refractivity contribution is 7.78. The van der Waals surface area contributed by atoms with E-state index in [-0.39, 0.29) is 5.69 Å². The summed E-state index contributed by atoms with van der Waals surface area (Å²) in [5, 5.41) is 0.763. The van der Waals surface area contributed by atoms with Crippen LogP contribution in [0, 0.1) is 6.92 Å². The number of hydrogen-bond acceptors (Lipinski definition) is 2. The second-order valence-corrected chi connectivity index (χ2v) is 4.91. The lowest BCUT2D eigenvalue weighted by atomic mass is 10.1. The molecule has 0 unspecified atom stereocenters. The Bertz CT molecular complexity index is 580. The minimum atomic E-state index is -2.53. The first-order chi connectivity index (χ1) is 9.06. The average molecular weight is 285 g/mol. The van der Waals surface area contributed by atoms with Gasteiger partial charge in [0.2, 0.25) is 0 Å². The SMILES string of the molecule is CCCCOc1ccc2c(cc(C(F)F)n2S)c1C. The first-order valence-electron chi connectivity index (χ1n) is 6.31. The van der Waals surface area contributed by atoms with Crippen LogP contribution in [0.2, 0.25) is 0 Å². The third kappa shape index (κ3) is 2.71. The van der Waals surface area contributed by atoms with E-state index in [0.29, 0.717) is 12.1 Å². The minimum absolute atomic E-state index is 0.0906. The van der Waals surface area contributed by atoms with E-state index in [4.69, 9.17) is 4.74 Å². The van der Waals surface area contributed by atoms with Gasteiger partial charge in [-0.25, -0.2) is 8.78 Å². The summed E-state index contributed by atoms with van der Waals surface area (Å²) in [6, 6.07) is 5.06. The number of hydrogen-bond donors (Lipinski definition) is 1. The normalized spacial score (nSPS) is 11.5. The number of benzene rings is 1. The molecule has 0 aliphatic heterocycles. The van der Waals surface area contributed by atoms with Gasteiger partial charge < -0.3 is 4.74 Å². The highest BCUT2D eigenvalue weighted by atomic mass is 32.1. The van der Waals surface area contributed by atoms with Crippen molar-refractivity contribution < 1.29 is 13.5 Å². The molecule has 0 N–H and O–H groups in total. The largest absolute Gasteiger partial charge is 0.493 e. The van der Waals surface area contributed by atoms with Gasteiger partial charge in [-0.05, 0) is 31.5 Å². The van der Waals surface area contributed by atoms with E-state index in [2.05, 4.69) is 19.7 Å². The standard InChI is InChI=1S/C14H17F2NOS/c1-3-4-7-18-13-6-5-11-10(9(13)2)8-12(14(15)16)17(11)19/h5-6,8,14,19H,3-4,7H2,1-2H3. The van der Waals surface area contributed by atoms with Crippen LogP contribution in [0.1, 0.15) is 37.4 Å². The van der Waals surface area contributed by atoms with E-state index in [9.17, 15) is 8.78 Å². The molecule has 0 radical (unpaired) electrons. The number of halogens is 2. The second-order valence-electron chi connectivity index (χ2n) is 4.51. The summed E-state index contributed by atoms with van der Waals surface area (Å²) in [5.41, 5.74) is 1.47. The molecular weight excluding hydrogens is 268 g/mol. The van der Waals surface area contributed by atoms with Crippen molar-refractivity contribution in [1.82, 2.24) is 3.97 Å². The van der Waals surface area contributed by atoms with Gasteiger partial charge in [0.15, 0.2) is 0 Å². The smallest absolute Gasteiger partial charge is 0.279 e. The number of unbranched alkanes of at least 4 members (excludes halogenated alkanes) is 1. The number of alkyl halides is 2. The van der Waals surface area contributed by atoms with Crippen LogP contribution >= 0.6 is 12.8 Å². The lowest BCUT2D eigenvalue weighted by molar-refractivity contribution is 0.146. The van der Waals surface area contributed by atoms with Gasteiger partial charge in [0, 0.05) is 10.9 Å². The van der Waals surface area contributed by atoms with Crippen molar-refractivity contribution in [3.05, 3.63) is 29.5 Å². The van der Waals surface area contributed by atoms with Crippen molar-refractivity contribution in [2.24, 2.45) is 0 Å². The molecule has 2 nitrogen and oxygen atoms in total. The number of ether oxygens (including phenoxy) is 1. The summed E-state index contributed by atoms with van der Waals surface area (Å²) in [6.45, 7) is 4.62. The van der Waals surface area contributed by atoms with Crippen molar-refractivity contribution in [2.45, 2.75) is 33.1 Å². The summed E-state index contributed by atoms with van der Waals surface area (Å²) >= 11 is 4.12. The van der Waals surface area contributed by atoms with Crippen LogP contribution in [0.5, 0.6) is 5.75 Å². The number of thiol groups is 1. The molecule has 0 saturated carbocycles. The van der Waals surface area contributed by atoms with Crippen LogP contribution in [0.4, 0.5) is 8.78 Å². The molecule has 0 spiro atoms. The predicted molar refractivity (Wildman–Crippen MR) is 76.4 cm³/mol. The fraction of sp³-hybridized carbons (Fsp3) is 0.429.